The molecule has 35 heavy (non-hydrogen) atoms. The van der Waals surface area contributed by atoms with Gasteiger partial charge in [0, 0.05) is 21.6 Å². The Hall–Kier alpha value is -1.69. The van der Waals surface area contributed by atoms with Gasteiger partial charge in [0.1, 0.15) is 0 Å². The maximum Gasteiger partial charge on any atom is 0.494 e. The van der Waals surface area contributed by atoms with Crippen molar-refractivity contribution in [1.29, 1.82) is 0 Å². The number of nitrogen functional groups attached to an aromatic ring is 1. The molecule has 1 unspecified atom stereocenters. The molecule has 1 heterocycles. The van der Waals surface area contributed by atoms with Crippen molar-refractivity contribution in [2.75, 3.05) is 12.3 Å². The molecule has 0 aromatic heterocycles. The summed E-state index contributed by atoms with van der Waals surface area (Å²) in [5.74, 6) is -36.6. The van der Waals surface area contributed by atoms with Crippen LogP contribution in [0.4, 0.5) is 62.8 Å². The normalized spacial score (nSPS) is 18.9. The summed E-state index contributed by atoms with van der Waals surface area (Å²) in [7, 11) is -1.58. The third-order valence-corrected chi connectivity index (χ3v) is 6.27. The number of halogens is 13. The fraction of sp³-hybridized carbons (Fsp3) is 0.647. The number of anilines is 1. The molecule has 18 heteroatoms. The van der Waals surface area contributed by atoms with Crippen LogP contribution < -0.4 is 11.2 Å². The first-order valence-electron chi connectivity index (χ1n) is 9.48. The molecule has 3 nitrogen and oxygen atoms in total. The topological polar surface area (TPSA) is 44.5 Å². The zero-order chi connectivity index (χ0) is 27.1. The van der Waals surface area contributed by atoms with Gasteiger partial charge in [-0.1, -0.05) is 18.2 Å². The van der Waals surface area contributed by atoms with Crippen LogP contribution in [0.5, 0.6) is 0 Å². The molecule has 1 aliphatic rings. The summed E-state index contributed by atoms with van der Waals surface area (Å²) in [6, 6.07) is 5.15. The fourth-order valence-electron chi connectivity index (χ4n) is 2.90. The number of alkyl halides is 13. The quantitative estimate of drug-likeness (QED) is 0.192. The first-order valence-corrected chi connectivity index (χ1v) is 10.9. The second-order valence-electron chi connectivity index (χ2n) is 7.55. The van der Waals surface area contributed by atoms with Crippen LogP contribution in [0, 0.1) is 0 Å². The van der Waals surface area contributed by atoms with E-state index >= 15 is 0 Å². The van der Waals surface area contributed by atoms with Gasteiger partial charge in [-0.15, -0.1) is 0 Å². The van der Waals surface area contributed by atoms with E-state index in [1.807, 2.05) is 0 Å². The van der Waals surface area contributed by atoms with Gasteiger partial charge in [-0.05, 0) is 23.6 Å². The van der Waals surface area contributed by atoms with E-state index in [0.717, 1.165) is 0 Å². The van der Waals surface area contributed by atoms with Gasteiger partial charge in [0.05, 0.1) is 12.7 Å². The predicted octanol–water partition coefficient (Wildman–Crippen LogP) is 5.05. The molecule has 1 aromatic carbocycles. The van der Waals surface area contributed by atoms with Crippen LogP contribution in [-0.2, 0) is 9.31 Å². The molecule has 2 rings (SSSR count). The number of hydrogen-bond donors (Lipinski definition) is 1. The van der Waals surface area contributed by atoms with E-state index in [0.29, 0.717) is 11.2 Å². The molecular weight excluding hydrogens is 536 g/mol. The molecule has 198 valence electrons. The smallest absolute Gasteiger partial charge is 0.405 e. The maximum absolute atomic E-state index is 13.8. The highest BCUT2D eigenvalue weighted by molar-refractivity contribution is 6.62. The molecule has 0 amide bonds. The van der Waals surface area contributed by atoms with Crippen LogP contribution in [0.1, 0.15) is 6.42 Å². The van der Waals surface area contributed by atoms with Gasteiger partial charge in [0.15, 0.2) is 0 Å². The summed E-state index contributed by atoms with van der Waals surface area (Å²) in [6.07, 6.45) is -10.4. The average molecular weight is 551 g/mol. The Balaban J connectivity index is 1.99. The number of benzene rings is 1. The van der Waals surface area contributed by atoms with E-state index in [-0.39, 0.29) is 12.7 Å². The van der Waals surface area contributed by atoms with Crippen molar-refractivity contribution in [3.8, 4) is 0 Å². The van der Waals surface area contributed by atoms with Crippen molar-refractivity contribution < 1.29 is 66.4 Å². The van der Waals surface area contributed by atoms with Crippen LogP contribution in [0.2, 0.25) is 12.1 Å². The first kappa shape index (κ1) is 29.5. The Bertz CT molecular complexity index is 884. The van der Waals surface area contributed by atoms with Gasteiger partial charge < -0.3 is 15.0 Å². The van der Waals surface area contributed by atoms with Crippen molar-refractivity contribution in [2.24, 2.45) is 0 Å². The van der Waals surface area contributed by atoms with Crippen LogP contribution in [0.15, 0.2) is 24.3 Å². The lowest BCUT2D eigenvalue weighted by Crippen LogP contribution is -2.70. The van der Waals surface area contributed by atoms with Crippen molar-refractivity contribution in [3.63, 3.8) is 0 Å². The Morgan fingerprint density at radius 3 is 1.97 bits per heavy atom. The summed E-state index contributed by atoms with van der Waals surface area (Å²) in [6.45, 7) is -0.0736. The molecule has 1 fully saturated rings. The Morgan fingerprint density at radius 2 is 1.43 bits per heavy atom. The molecule has 1 saturated heterocycles. The summed E-state index contributed by atoms with van der Waals surface area (Å²) < 4.78 is 181. The van der Waals surface area contributed by atoms with Crippen LogP contribution in [-0.4, -0.2) is 65.1 Å². The van der Waals surface area contributed by atoms with E-state index < -0.39 is 71.0 Å². The van der Waals surface area contributed by atoms with E-state index in [1.54, 1.807) is 18.2 Å². The van der Waals surface area contributed by atoms with Crippen molar-refractivity contribution in [3.05, 3.63) is 24.3 Å². The van der Waals surface area contributed by atoms with Crippen LogP contribution >= 0.6 is 0 Å². The Labute approximate surface area is 192 Å². The second-order valence-corrected chi connectivity index (χ2v) is 8.96. The minimum atomic E-state index is -7.88. The average Bonchev–Trinajstić information content (AvgIpc) is 3.19. The first-order chi connectivity index (χ1) is 15.7. The van der Waals surface area contributed by atoms with Crippen molar-refractivity contribution >= 4 is 27.8 Å². The molecule has 2 radical (unpaired) electrons. The van der Waals surface area contributed by atoms with Crippen LogP contribution in [0.3, 0.4) is 0 Å². The molecule has 1 atom stereocenters. The minimum absolute atomic E-state index is 0.0736. The van der Waals surface area contributed by atoms with Gasteiger partial charge in [-0.3, -0.25) is 0 Å². The number of rotatable bonds is 10. The van der Waals surface area contributed by atoms with Gasteiger partial charge in [0.2, 0.25) is 0 Å². The standard InChI is InChI=1S/C17H15BF13NO2Si/c19-12(20,13(21,22)14(23,24)15(25,26)16(27,28)17(29,30)31)4-5-35-8-11-7-33-18(34-11)9-2-1-3-10(32)6-9/h1-3,6,11H,4-5,7-8,32H2. The van der Waals surface area contributed by atoms with E-state index in [2.05, 4.69) is 0 Å². The second kappa shape index (κ2) is 9.64. The summed E-state index contributed by atoms with van der Waals surface area (Å²) in [5.41, 5.74) is 6.47. The highest BCUT2D eigenvalue weighted by Crippen LogP contribution is 2.60. The zero-order valence-electron chi connectivity index (χ0n) is 17.1. The van der Waals surface area contributed by atoms with Gasteiger partial charge in [-0.25, -0.2) is 0 Å². The lowest BCUT2D eigenvalue weighted by Gasteiger charge is -2.39. The van der Waals surface area contributed by atoms with E-state index in [9.17, 15) is 57.1 Å². The molecule has 0 spiro atoms. The zero-order valence-corrected chi connectivity index (χ0v) is 18.1. The summed E-state index contributed by atoms with van der Waals surface area (Å²) in [5, 5.41) is 0. The molecule has 1 aliphatic heterocycles. The van der Waals surface area contributed by atoms with Crippen LogP contribution in [0.25, 0.3) is 0 Å². The maximum atomic E-state index is 13.8. The highest BCUT2D eigenvalue weighted by Gasteiger charge is 2.90. The van der Waals surface area contributed by atoms with E-state index in [1.165, 1.54) is 6.07 Å². The third kappa shape index (κ3) is 5.38. The third-order valence-electron chi connectivity index (χ3n) is 4.92. The molecule has 0 bridgehead atoms. The number of nitrogens with two attached hydrogens (primary N) is 1. The predicted molar refractivity (Wildman–Crippen MR) is 97.8 cm³/mol. The Morgan fingerprint density at radius 1 is 0.857 bits per heavy atom. The molecule has 2 N–H and O–H groups in total. The van der Waals surface area contributed by atoms with Crippen molar-refractivity contribution in [2.45, 2.75) is 60.4 Å². The van der Waals surface area contributed by atoms with E-state index in [4.69, 9.17) is 15.0 Å². The minimum Gasteiger partial charge on any atom is -0.405 e. The Kier molecular flexibility index (Phi) is 8.14. The van der Waals surface area contributed by atoms with Gasteiger partial charge in [0.25, 0.3) is 0 Å². The lowest BCUT2D eigenvalue weighted by molar-refractivity contribution is -0.439. The molecular formula is C17H15BF13NO2Si. The molecule has 0 saturated carbocycles. The molecule has 0 aliphatic carbocycles. The molecule has 1 aromatic rings. The number of hydrogen-bond acceptors (Lipinski definition) is 3. The van der Waals surface area contributed by atoms with Crippen molar-refractivity contribution in [1.82, 2.24) is 0 Å². The lowest BCUT2D eigenvalue weighted by atomic mass is 9.79. The summed E-state index contributed by atoms with van der Waals surface area (Å²) in [4.78, 5) is 0. The highest BCUT2D eigenvalue weighted by atomic mass is 28.2. The summed E-state index contributed by atoms with van der Waals surface area (Å²) >= 11 is 0. The van der Waals surface area contributed by atoms with Gasteiger partial charge >= 0.3 is 42.9 Å². The monoisotopic (exact) mass is 551 g/mol. The van der Waals surface area contributed by atoms with Gasteiger partial charge in [-0.2, -0.15) is 57.1 Å². The SMILES string of the molecule is Nc1cccc(B2OCC(C[Si]CCC(F)(F)C(F)(F)C(F)(F)C(F)(F)C(F)(F)C(F)(F)F)O2)c1. The largest absolute Gasteiger partial charge is 0.494 e. The fourth-order valence-corrected chi connectivity index (χ4v) is 4.13.